The number of amides is 1. The topological polar surface area (TPSA) is 75.7 Å². The van der Waals surface area contributed by atoms with E-state index in [-0.39, 0.29) is 16.7 Å². The summed E-state index contributed by atoms with van der Waals surface area (Å²) in [6.45, 7) is 5.38. The van der Waals surface area contributed by atoms with Gasteiger partial charge in [0.1, 0.15) is 11.8 Å². The molecule has 2 rings (SSSR count). The van der Waals surface area contributed by atoms with E-state index in [9.17, 15) is 13.2 Å². The lowest BCUT2D eigenvalue weighted by Gasteiger charge is -2.31. The van der Waals surface area contributed by atoms with Crippen LogP contribution in [0, 0.1) is 5.92 Å². The third-order valence-corrected chi connectivity index (χ3v) is 5.83. The number of sulfonamides is 1. The molecule has 1 aliphatic rings. The Bertz CT molecular complexity index is 665. The van der Waals surface area contributed by atoms with Crippen LogP contribution in [0.2, 0.25) is 0 Å². The number of methoxy groups -OCH3 is 1. The van der Waals surface area contributed by atoms with Crippen LogP contribution in [-0.4, -0.2) is 45.5 Å². The van der Waals surface area contributed by atoms with Crippen molar-refractivity contribution in [2.24, 2.45) is 5.92 Å². The highest BCUT2D eigenvalue weighted by molar-refractivity contribution is 7.89. The van der Waals surface area contributed by atoms with Crippen molar-refractivity contribution in [1.29, 1.82) is 0 Å². The minimum absolute atomic E-state index is 0.120. The van der Waals surface area contributed by atoms with Gasteiger partial charge in [-0.3, -0.25) is 4.79 Å². The molecule has 25 heavy (non-hydrogen) atoms. The molecule has 1 fully saturated rings. The number of benzene rings is 1. The number of hydrogen-bond acceptors (Lipinski definition) is 4. The van der Waals surface area contributed by atoms with Gasteiger partial charge in [-0.15, -0.1) is 0 Å². The Hall–Kier alpha value is -1.60. The maximum Gasteiger partial charge on any atom is 0.241 e. The maximum atomic E-state index is 12.8. The van der Waals surface area contributed by atoms with Gasteiger partial charge in [0.05, 0.1) is 12.0 Å². The second kappa shape index (κ2) is 8.67. The molecule has 0 saturated carbocycles. The summed E-state index contributed by atoms with van der Waals surface area (Å²) in [6, 6.07) is 5.43. The van der Waals surface area contributed by atoms with E-state index in [2.05, 4.69) is 4.72 Å². The van der Waals surface area contributed by atoms with Crippen molar-refractivity contribution in [1.82, 2.24) is 9.62 Å². The van der Waals surface area contributed by atoms with Crippen LogP contribution < -0.4 is 9.46 Å². The van der Waals surface area contributed by atoms with E-state index in [1.165, 1.54) is 19.2 Å². The average molecular weight is 368 g/mol. The summed E-state index contributed by atoms with van der Waals surface area (Å²) >= 11 is 0. The molecule has 6 nitrogen and oxygen atoms in total. The van der Waals surface area contributed by atoms with Crippen LogP contribution in [0.1, 0.15) is 39.5 Å². The van der Waals surface area contributed by atoms with Crippen molar-refractivity contribution in [2.75, 3.05) is 20.2 Å². The van der Waals surface area contributed by atoms with Gasteiger partial charge >= 0.3 is 0 Å². The molecule has 0 aliphatic carbocycles. The fraction of sp³-hybridized carbons (Fsp3) is 0.611. The largest absolute Gasteiger partial charge is 0.497 e. The Morgan fingerprint density at radius 1 is 1.16 bits per heavy atom. The second-order valence-corrected chi connectivity index (χ2v) is 8.58. The van der Waals surface area contributed by atoms with Crippen molar-refractivity contribution in [3.8, 4) is 5.75 Å². The SMILES string of the molecule is COc1ccc(S(=O)(=O)N[C@H](CC(C)C)C(=O)N2CCCCC2)cc1. The molecule has 1 heterocycles. The van der Waals surface area contributed by atoms with Crippen LogP contribution in [0.15, 0.2) is 29.2 Å². The van der Waals surface area contributed by atoms with Gasteiger partial charge in [0.15, 0.2) is 0 Å². The first kappa shape index (κ1) is 19.7. The summed E-state index contributed by atoms with van der Waals surface area (Å²) in [4.78, 5) is 14.7. The fourth-order valence-electron chi connectivity index (χ4n) is 3.02. The molecule has 1 N–H and O–H groups in total. The van der Waals surface area contributed by atoms with Crippen molar-refractivity contribution >= 4 is 15.9 Å². The van der Waals surface area contributed by atoms with E-state index < -0.39 is 16.1 Å². The van der Waals surface area contributed by atoms with Crippen LogP contribution in [0.3, 0.4) is 0 Å². The van der Waals surface area contributed by atoms with E-state index in [0.717, 1.165) is 19.3 Å². The van der Waals surface area contributed by atoms with Gasteiger partial charge in [0.2, 0.25) is 15.9 Å². The number of nitrogens with zero attached hydrogens (tertiary/aromatic N) is 1. The Labute approximate surface area is 150 Å². The summed E-state index contributed by atoms with van der Waals surface area (Å²) in [7, 11) is -2.24. The van der Waals surface area contributed by atoms with Gasteiger partial charge < -0.3 is 9.64 Å². The highest BCUT2D eigenvalue weighted by Gasteiger charge is 2.30. The summed E-state index contributed by atoms with van der Waals surface area (Å²) in [5.74, 6) is 0.671. The van der Waals surface area contributed by atoms with E-state index >= 15 is 0 Å². The van der Waals surface area contributed by atoms with Gasteiger partial charge in [0.25, 0.3) is 0 Å². The standard InChI is InChI=1S/C18H28N2O4S/c1-14(2)13-17(18(21)20-11-5-4-6-12-20)19-25(22,23)16-9-7-15(24-3)8-10-16/h7-10,14,17,19H,4-6,11-13H2,1-3H3/t17-/m1/s1. The number of likely N-dealkylation sites (tertiary alicyclic amines) is 1. The van der Waals surface area contributed by atoms with Gasteiger partial charge in [-0.05, 0) is 55.9 Å². The van der Waals surface area contributed by atoms with E-state index in [1.807, 2.05) is 13.8 Å². The molecule has 1 saturated heterocycles. The molecule has 0 bridgehead atoms. The predicted octanol–water partition coefficient (Wildman–Crippen LogP) is 2.40. The van der Waals surface area contributed by atoms with E-state index in [4.69, 9.17) is 4.74 Å². The lowest BCUT2D eigenvalue weighted by atomic mass is 10.0. The number of hydrogen-bond donors (Lipinski definition) is 1. The zero-order valence-electron chi connectivity index (χ0n) is 15.2. The van der Waals surface area contributed by atoms with Crippen molar-refractivity contribution in [2.45, 2.75) is 50.5 Å². The van der Waals surface area contributed by atoms with Crippen LogP contribution in [0.5, 0.6) is 5.75 Å². The first-order valence-electron chi connectivity index (χ1n) is 8.78. The molecule has 1 aromatic rings. The molecule has 1 aliphatic heterocycles. The number of ether oxygens (including phenoxy) is 1. The van der Waals surface area contributed by atoms with Gasteiger partial charge in [0, 0.05) is 13.1 Å². The Morgan fingerprint density at radius 3 is 2.28 bits per heavy atom. The highest BCUT2D eigenvalue weighted by Crippen LogP contribution is 2.18. The molecule has 1 atom stereocenters. The van der Waals surface area contributed by atoms with Crippen LogP contribution >= 0.6 is 0 Å². The van der Waals surface area contributed by atoms with Crippen molar-refractivity contribution in [3.63, 3.8) is 0 Å². The smallest absolute Gasteiger partial charge is 0.241 e. The lowest BCUT2D eigenvalue weighted by molar-refractivity contribution is -0.134. The number of rotatable bonds is 7. The summed E-state index contributed by atoms with van der Waals surface area (Å²) in [5, 5.41) is 0. The van der Waals surface area contributed by atoms with Gasteiger partial charge in [-0.1, -0.05) is 13.8 Å². The molecule has 0 spiro atoms. The average Bonchev–Trinajstić information content (AvgIpc) is 2.60. The number of piperidine rings is 1. The third kappa shape index (κ3) is 5.44. The molecule has 0 unspecified atom stereocenters. The van der Waals surface area contributed by atoms with Crippen LogP contribution in [0.25, 0.3) is 0 Å². The van der Waals surface area contributed by atoms with E-state index in [1.54, 1.807) is 17.0 Å². The van der Waals surface area contributed by atoms with Crippen molar-refractivity contribution < 1.29 is 17.9 Å². The molecular weight excluding hydrogens is 340 g/mol. The minimum Gasteiger partial charge on any atom is -0.497 e. The zero-order valence-corrected chi connectivity index (χ0v) is 16.0. The first-order chi connectivity index (χ1) is 11.8. The molecule has 0 aromatic heterocycles. The highest BCUT2D eigenvalue weighted by atomic mass is 32.2. The fourth-order valence-corrected chi connectivity index (χ4v) is 4.22. The van der Waals surface area contributed by atoms with Crippen LogP contribution in [-0.2, 0) is 14.8 Å². The van der Waals surface area contributed by atoms with E-state index in [0.29, 0.717) is 25.3 Å². The number of carbonyl (C=O) groups excluding carboxylic acids is 1. The Balaban J connectivity index is 2.17. The first-order valence-corrected chi connectivity index (χ1v) is 10.3. The molecule has 1 aromatic carbocycles. The summed E-state index contributed by atoms with van der Waals surface area (Å²) in [6.07, 6.45) is 3.55. The summed E-state index contributed by atoms with van der Waals surface area (Å²) in [5.41, 5.74) is 0. The molecule has 7 heteroatoms. The third-order valence-electron chi connectivity index (χ3n) is 4.34. The quantitative estimate of drug-likeness (QED) is 0.802. The van der Waals surface area contributed by atoms with Gasteiger partial charge in [-0.25, -0.2) is 8.42 Å². The molecule has 0 radical (unpaired) electrons. The predicted molar refractivity (Wildman–Crippen MR) is 97.0 cm³/mol. The summed E-state index contributed by atoms with van der Waals surface area (Å²) < 4.78 is 33.0. The van der Waals surface area contributed by atoms with Crippen LogP contribution in [0.4, 0.5) is 0 Å². The Morgan fingerprint density at radius 2 is 1.76 bits per heavy atom. The monoisotopic (exact) mass is 368 g/mol. The number of nitrogens with one attached hydrogen (secondary N) is 1. The normalized spacial score (nSPS) is 16.7. The maximum absolute atomic E-state index is 12.8. The molecular formula is C18H28N2O4S. The number of carbonyl (C=O) groups is 1. The lowest BCUT2D eigenvalue weighted by Crippen LogP contribution is -2.50. The minimum atomic E-state index is -3.77. The molecule has 140 valence electrons. The molecule has 1 amide bonds. The van der Waals surface area contributed by atoms with Crippen molar-refractivity contribution in [3.05, 3.63) is 24.3 Å². The van der Waals surface area contributed by atoms with Gasteiger partial charge in [-0.2, -0.15) is 4.72 Å². The zero-order chi connectivity index (χ0) is 18.4. The second-order valence-electron chi connectivity index (χ2n) is 6.86. The Kier molecular flexibility index (Phi) is 6.84.